The van der Waals surface area contributed by atoms with Crippen molar-refractivity contribution in [1.82, 2.24) is 15.5 Å². The SMILES string of the molecule is CN(CC1CCCCN1)c1nnc(C(F)(F)F)s1. The van der Waals surface area contributed by atoms with Crippen LogP contribution in [-0.4, -0.2) is 36.4 Å². The van der Waals surface area contributed by atoms with E-state index < -0.39 is 11.2 Å². The third kappa shape index (κ3) is 3.32. The average molecular weight is 280 g/mol. The number of piperidine rings is 1. The van der Waals surface area contributed by atoms with Crippen molar-refractivity contribution in [2.24, 2.45) is 0 Å². The van der Waals surface area contributed by atoms with Crippen LogP contribution in [0.15, 0.2) is 0 Å². The smallest absolute Gasteiger partial charge is 0.348 e. The fourth-order valence-corrected chi connectivity index (χ4v) is 2.66. The summed E-state index contributed by atoms with van der Waals surface area (Å²) in [4.78, 5) is 1.73. The summed E-state index contributed by atoms with van der Waals surface area (Å²) in [5, 5.41) is 9.55. The molecule has 1 N–H and O–H groups in total. The van der Waals surface area contributed by atoms with Crippen LogP contribution in [0.2, 0.25) is 0 Å². The van der Waals surface area contributed by atoms with Crippen LogP contribution >= 0.6 is 11.3 Å². The van der Waals surface area contributed by atoms with Gasteiger partial charge in [0.2, 0.25) is 10.1 Å². The Balaban J connectivity index is 1.96. The summed E-state index contributed by atoms with van der Waals surface area (Å²) < 4.78 is 37.2. The Morgan fingerprint density at radius 1 is 1.39 bits per heavy atom. The molecule has 1 aliphatic heterocycles. The Bertz CT molecular complexity index is 387. The minimum Gasteiger partial charge on any atom is -0.348 e. The summed E-state index contributed by atoms with van der Waals surface area (Å²) in [5.41, 5.74) is 0. The molecule has 1 aliphatic rings. The maximum Gasteiger partial charge on any atom is 0.445 e. The fourth-order valence-electron chi connectivity index (χ4n) is 1.97. The van der Waals surface area contributed by atoms with Crippen LogP contribution in [0.3, 0.4) is 0 Å². The number of aromatic nitrogens is 2. The molecule has 0 aromatic carbocycles. The van der Waals surface area contributed by atoms with Gasteiger partial charge in [-0.1, -0.05) is 17.8 Å². The Labute approximate surface area is 107 Å². The summed E-state index contributed by atoms with van der Waals surface area (Å²) in [6.45, 7) is 1.63. The van der Waals surface area contributed by atoms with E-state index in [1.165, 1.54) is 0 Å². The molecular weight excluding hydrogens is 265 g/mol. The lowest BCUT2D eigenvalue weighted by Crippen LogP contribution is -2.42. The second-order valence-corrected chi connectivity index (χ2v) is 5.37. The number of hydrogen-bond donors (Lipinski definition) is 1. The van der Waals surface area contributed by atoms with Gasteiger partial charge in [0.05, 0.1) is 0 Å². The van der Waals surface area contributed by atoms with Crippen LogP contribution in [-0.2, 0) is 6.18 Å². The van der Waals surface area contributed by atoms with E-state index in [1.54, 1.807) is 11.9 Å². The van der Waals surface area contributed by atoms with Crippen LogP contribution in [0.4, 0.5) is 18.3 Å². The summed E-state index contributed by atoms with van der Waals surface area (Å²) >= 11 is 0.587. The van der Waals surface area contributed by atoms with Crippen LogP contribution in [0.1, 0.15) is 24.3 Å². The van der Waals surface area contributed by atoms with Crippen LogP contribution in [0.25, 0.3) is 0 Å². The molecule has 1 saturated heterocycles. The van der Waals surface area contributed by atoms with Gasteiger partial charge in [0.25, 0.3) is 0 Å². The Kier molecular flexibility index (Phi) is 4.06. The zero-order valence-corrected chi connectivity index (χ0v) is 10.8. The van der Waals surface area contributed by atoms with Gasteiger partial charge in [-0.05, 0) is 19.4 Å². The molecule has 0 bridgehead atoms. The molecule has 1 fully saturated rings. The lowest BCUT2D eigenvalue weighted by Gasteiger charge is -2.27. The van der Waals surface area contributed by atoms with Gasteiger partial charge in [-0.2, -0.15) is 13.2 Å². The molecule has 0 radical (unpaired) electrons. The van der Waals surface area contributed by atoms with Gasteiger partial charge in [-0.15, -0.1) is 10.2 Å². The van der Waals surface area contributed by atoms with E-state index >= 15 is 0 Å². The van der Waals surface area contributed by atoms with Gasteiger partial charge in [0, 0.05) is 19.6 Å². The first kappa shape index (κ1) is 13.5. The fraction of sp³-hybridized carbons (Fsp3) is 0.800. The molecule has 2 heterocycles. The molecule has 1 aromatic rings. The summed E-state index contributed by atoms with van der Waals surface area (Å²) in [6, 6.07) is 0.321. The number of nitrogens with one attached hydrogen (secondary N) is 1. The first-order valence-electron chi connectivity index (χ1n) is 5.82. The molecule has 1 unspecified atom stereocenters. The lowest BCUT2D eigenvalue weighted by atomic mass is 10.1. The van der Waals surface area contributed by atoms with Gasteiger partial charge in [-0.3, -0.25) is 0 Å². The number of alkyl halides is 3. The highest BCUT2D eigenvalue weighted by Crippen LogP contribution is 2.34. The molecule has 1 aromatic heterocycles. The third-order valence-electron chi connectivity index (χ3n) is 2.89. The average Bonchev–Trinajstić information content (AvgIpc) is 2.79. The summed E-state index contributed by atoms with van der Waals surface area (Å²) in [6.07, 6.45) is -1.03. The van der Waals surface area contributed by atoms with Crippen molar-refractivity contribution in [2.75, 3.05) is 25.0 Å². The highest BCUT2D eigenvalue weighted by atomic mass is 32.1. The van der Waals surface area contributed by atoms with Crippen molar-refractivity contribution < 1.29 is 13.2 Å². The summed E-state index contributed by atoms with van der Waals surface area (Å²) in [5.74, 6) is 0. The number of nitrogens with zero attached hydrogens (tertiary/aromatic N) is 3. The minimum atomic E-state index is -4.40. The van der Waals surface area contributed by atoms with Crippen LogP contribution < -0.4 is 10.2 Å². The minimum absolute atomic E-state index is 0.315. The first-order chi connectivity index (χ1) is 8.47. The molecule has 8 heteroatoms. The van der Waals surface area contributed by atoms with Crippen LogP contribution in [0, 0.1) is 0 Å². The normalized spacial score (nSPS) is 21.0. The second-order valence-electron chi connectivity index (χ2n) is 4.41. The molecule has 102 valence electrons. The zero-order chi connectivity index (χ0) is 13.2. The quantitative estimate of drug-likeness (QED) is 0.921. The van der Waals surface area contributed by atoms with E-state index in [-0.39, 0.29) is 0 Å². The predicted octanol–water partition coefficient (Wildman–Crippen LogP) is 2.14. The second kappa shape index (κ2) is 5.40. The maximum atomic E-state index is 12.4. The van der Waals surface area contributed by atoms with Crippen molar-refractivity contribution in [1.29, 1.82) is 0 Å². The molecule has 2 rings (SSSR count). The molecule has 4 nitrogen and oxygen atoms in total. The van der Waals surface area contributed by atoms with E-state index in [1.807, 2.05) is 0 Å². The summed E-state index contributed by atoms with van der Waals surface area (Å²) in [7, 11) is 1.75. The molecule has 0 spiro atoms. The standard InChI is InChI=1S/C10H15F3N4S/c1-17(6-7-4-2-3-5-14-7)9-16-15-8(18-9)10(11,12)13/h7,14H,2-6H2,1H3. The number of hydrogen-bond acceptors (Lipinski definition) is 5. The third-order valence-corrected chi connectivity index (χ3v) is 3.97. The highest BCUT2D eigenvalue weighted by Gasteiger charge is 2.36. The molecule has 0 saturated carbocycles. The number of anilines is 1. The van der Waals surface area contributed by atoms with Crippen molar-refractivity contribution >= 4 is 16.5 Å². The molecule has 18 heavy (non-hydrogen) atoms. The monoisotopic (exact) mass is 280 g/mol. The van der Waals surface area contributed by atoms with Crippen molar-refractivity contribution in [3.05, 3.63) is 5.01 Å². The number of rotatable bonds is 3. The Morgan fingerprint density at radius 3 is 2.72 bits per heavy atom. The van der Waals surface area contributed by atoms with Crippen molar-refractivity contribution in [3.63, 3.8) is 0 Å². The predicted molar refractivity (Wildman–Crippen MR) is 63.8 cm³/mol. The molecule has 0 aliphatic carbocycles. The van der Waals surface area contributed by atoms with Gasteiger partial charge in [0.1, 0.15) is 0 Å². The number of halogens is 3. The zero-order valence-electron chi connectivity index (χ0n) is 10.00. The Morgan fingerprint density at radius 2 is 2.17 bits per heavy atom. The highest BCUT2D eigenvalue weighted by molar-refractivity contribution is 7.15. The van der Waals surface area contributed by atoms with E-state index in [9.17, 15) is 13.2 Å². The van der Waals surface area contributed by atoms with Gasteiger partial charge >= 0.3 is 6.18 Å². The van der Waals surface area contributed by atoms with Gasteiger partial charge < -0.3 is 10.2 Å². The van der Waals surface area contributed by atoms with E-state index in [4.69, 9.17) is 0 Å². The van der Waals surface area contributed by atoms with Crippen LogP contribution in [0.5, 0.6) is 0 Å². The molecule has 0 amide bonds. The van der Waals surface area contributed by atoms with E-state index in [2.05, 4.69) is 15.5 Å². The van der Waals surface area contributed by atoms with Crippen molar-refractivity contribution in [3.8, 4) is 0 Å². The Hall–Kier alpha value is -0.890. The number of likely N-dealkylation sites (N-methyl/N-ethyl adjacent to an activating group) is 1. The van der Waals surface area contributed by atoms with E-state index in [0.29, 0.717) is 29.1 Å². The van der Waals surface area contributed by atoms with Gasteiger partial charge in [0.15, 0.2) is 0 Å². The topological polar surface area (TPSA) is 41.0 Å². The molecular formula is C10H15F3N4S. The first-order valence-corrected chi connectivity index (χ1v) is 6.63. The largest absolute Gasteiger partial charge is 0.445 e. The van der Waals surface area contributed by atoms with Crippen molar-refractivity contribution in [2.45, 2.75) is 31.5 Å². The molecule has 1 atom stereocenters. The van der Waals surface area contributed by atoms with Gasteiger partial charge in [-0.25, -0.2) is 0 Å². The maximum absolute atomic E-state index is 12.4. The van der Waals surface area contributed by atoms with E-state index in [0.717, 1.165) is 25.8 Å². The lowest BCUT2D eigenvalue weighted by molar-refractivity contribution is -0.138.